The van der Waals surface area contributed by atoms with E-state index in [4.69, 9.17) is 5.11 Å². The third kappa shape index (κ3) is 2.26. The molecule has 16 heavy (non-hydrogen) atoms. The summed E-state index contributed by atoms with van der Waals surface area (Å²) >= 11 is 0. The third-order valence-electron chi connectivity index (χ3n) is 2.06. The van der Waals surface area contributed by atoms with Crippen LogP contribution in [0.3, 0.4) is 0 Å². The zero-order valence-electron chi connectivity index (χ0n) is 8.55. The third-order valence-corrected chi connectivity index (χ3v) is 2.06. The van der Waals surface area contributed by atoms with Crippen LogP contribution in [0.15, 0.2) is 12.1 Å². The van der Waals surface area contributed by atoms with Crippen LogP contribution in [-0.2, 0) is 6.18 Å². The van der Waals surface area contributed by atoms with Crippen molar-refractivity contribution < 1.29 is 27.8 Å². The standard InChI is InChI=1S/C10H9F3O3/c1-5-3-6(10(11,12)13)4-7(16-2)8(5)9(14)15/h3-4H,1-2H3,(H,14,15). The van der Waals surface area contributed by atoms with E-state index in [-0.39, 0.29) is 16.9 Å². The van der Waals surface area contributed by atoms with E-state index in [9.17, 15) is 18.0 Å². The number of ether oxygens (including phenoxy) is 1. The highest BCUT2D eigenvalue weighted by molar-refractivity contribution is 5.92. The molecule has 0 atom stereocenters. The summed E-state index contributed by atoms with van der Waals surface area (Å²) in [5.41, 5.74) is -1.17. The number of benzene rings is 1. The van der Waals surface area contributed by atoms with Crippen molar-refractivity contribution in [2.24, 2.45) is 0 Å². The van der Waals surface area contributed by atoms with E-state index in [1.54, 1.807) is 0 Å². The van der Waals surface area contributed by atoms with E-state index in [0.29, 0.717) is 6.07 Å². The SMILES string of the molecule is COc1cc(C(F)(F)F)cc(C)c1C(=O)O. The lowest BCUT2D eigenvalue weighted by atomic mass is 10.0. The number of hydrogen-bond acceptors (Lipinski definition) is 2. The van der Waals surface area contributed by atoms with E-state index >= 15 is 0 Å². The quantitative estimate of drug-likeness (QED) is 0.855. The summed E-state index contributed by atoms with van der Waals surface area (Å²) in [5.74, 6) is -1.61. The van der Waals surface area contributed by atoms with Gasteiger partial charge in [0.15, 0.2) is 0 Å². The maximum atomic E-state index is 12.4. The molecule has 88 valence electrons. The van der Waals surface area contributed by atoms with Crippen LogP contribution >= 0.6 is 0 Å². The predicted molar refractivity (Wildman–Crippen MR) is 49.7 cm³/mol. The zero-order valence-corrected chi connectivity index (χ0v) is 8.55. The highest BCUT2D eigenvalue weighted by Gasteiger charge is 2.32. The number of rotatable bonds is 2. The molecule has 0 saturated carbocycles. The summed E-state index contributed by atoms with van der Waals surface area (Å²) in [6, 6.07) is 1.46. The molecule has 0 fully saturated rings. The Morgan fingerprint density at radius 2 is 1.94 bits per heavy atom. The van der Waals surface area contributed by atoms with E-state index in [1.807, 2.05) is 0 Å². The van der Waals surface area contributed by atoms with Gasteiger partial charge in [-0.2, -0.15) is 13.2 Å². The lowest BCUT2D eigenvalue weighted by molar-refractivity contribution is -0.137. The van der Waals surface area contributed by atoms with Gasteiger partial charge in [-0.3, -0.25) is 0 Å². The molecule has 0 bridgehead atoms. The van der Waals surface area contributed by atoms with Gasteiger partial charge in [0.1, 0.15) is 11.3 Å². The predicted octanol–water partition coefficient (Wildman–Crippen LogP) is 2.72. The Morgan fingerprint density at radius 1 is 1.38 bits per heavy atom. The maximum absolute atomic E-state index is 12.4. The Hall–Kier alpha value is -1.72. The van der Waals surface area contributed by atoms with Gasteiger partial charge in [-0.05, 0) is 24.6 Å². The van der Waals surface area contributed by atoms with Crippen LogP contribution in [0.4, 0.5) is 13.2 Å². The van der Waals surface area contributed by atoms with Crippen molar-refractivity contribution >= 4 is 5.97 Å². The molecule has 1 N–H and O–H groups in total. The van der Waals surface area contributed by atoms with Crippen LogP contribution in [0.25, 0.3) is 0 Å². The fourth-order valence-corrected chi connectivity index (χ4v) is 1.35. The van der Waals surface area contributed by atoms with Gasteiger partial charge in [-0.15, -0.1) is 0 Å². The number of carboxylic acids is 1. The lowest BCUT2D eigenvalue weighted by Crippen LogP contribution is -2.10. The zero-order chi connectivity index (χ0) is 12.5. The topological polar surface area (TPSA) is 46.5 Å². The Morgan fingerprint density at radius 3 is 2.31 bits per heavy atom. The summed E-state index contributed by atoms with van der Waals surface area (Å²) in [6.45, 7) is 1.29. The first kappa shape index (κ1) is 12.4. The molecule has 0 heterocycles. The Balaban J connectivity index is 3.44. The maximum Gasteiger partial charge on any atom is 0.416 e. The summed E-state index contributed by atoms with van der Waals surface area (Å²) in [7, 11) is 1.13. The second-order valence-electron chi connectivity index (χ2n) is 3.17. The molecule has 1 aromatic rings. The molecule has 0 aliphatic carbocycles. The van der Waals surface area contributed by atoms with Crippen LogP contribution in [-0.4, -0.2) is 18.2 Å². The summed E-state index contributed by atoms with van der Waals surface area (Å²) < 4.78 is 41.9. The molecular weight excluding hydrogens is 225 g/mol. The fraction of sp³-hybridized carbons (Fsp3) is 0.300. The number of halogens is 3. The van der Waals surface area contributed by atoms with E-state index < -0.39 is 17.7 Å². The van der Waals surface area contributed by atoms with Gasteiger partial charge in [0.05, 0.1) is 12.7 Å². The van der Waals surface area contributed by atoms with Gasteiger partial charge in [0, 0.05) is 0 Å². The minimum absolute atomic E-state index is 0.0131. The van der Waals surface area contributed by atoms with Gasteiger partial charge in [-0.25, -0.2) is 4.79 Å². The molecule has 3 nitrogen and oxygen atoms in total. The highest BCUT2D eigenvalue weighted by atomic mass is 19.4. The Bertz CT molecular complexity index is 424. The average Bonchev–Trinajstić information content (AvgIpc) is 2.14. The van der Waals surface area contributed by atoms with Gasteiger partial charge >= 0.3 is 12.1 Å². The normalized spacial score (nSPS) is 11.3. The van der Waals surface area contributed by atoms with E-state index in [2.05, 4.69) is 4.74 Å². The average molecular weight is 234 g/mol. The first-order chi connectivity index (χ1) is 7.27. The molecule has 1 aromatic carbocycles. The Kier molecular flexibility index (Phi) is 3.11. The second-order valence-corrected chi connectivity index (χ2v) is 3.17. The molecule has 0 unspecified atom stereocenters. The number of aromatic carboxylic acids is 1. The Labute approximate surface area is 89.5 Å². The minimum Gasteiger partial charge on any atom is -0.496 e. The smallest absolute Gasteiger partial charge is 0.416 e. The lowest BCUT2D eigenvalue weighted by Gasteiger charge is -2.13. The number of alkyl halides is 3. The monoisotopic (exact) mass is 234 g/mol. The number of carboxylic acid groups (broad SMARTS) is 1. The first-order valence-corrected chi connectivity index (χ1v) is 4.26. The minimum atomic E-state index is -4.52. The van der Waals surface area contributed by atoms with Gasteiger partial charge < -0.3 is 9.84 Å². The van der Waals surface area contributed by atoms with Gasteiger partial charge in [0.2, 0.25) is 0 Å². The largest absolute Gasteiger partial charge is 0.496 e. The molecule has 0 aromatic heterocycles. The summed E-state index contributed by atoms with van der Waals surface area (Å²) in [6.07, 6.45) is -4.52. The van der Waals surface area contributed by atoms with Crippen LogP contribution in [0, 0.1) is 6.92 Å². The van der Waals surface area contributed by atoms with Crippen molar-refractivity contribution in [1.29, 1.82) is 0 Å². The van der Waals surface area contributed by atoms with Crippen molar-refractivity contribution in [3.8, 4) is 5.75 Å². The first-order valence-electron chi connectivity index (χ1n) is 4.26. The van der Waals surface area contributed by atoms with E-state index in [1.165, 1.54) is 6.92 Å². The van der Waals surface area contributed by atoms with Crippen LogP contribution in [0.5, 0.6) is 5.75 Å². The van der Waals surface area contributed by atoms with Crippen LogP contribution < -0.4 is 4.74 Å². The van der Waals surface area contributed by atoms with Crippen molar-refractivity contribution in [2.45, 2.75) is 13.1 Å². The molecule has 0 spiro atoms. The second kappa shape index (κ2) is 4.03. The number of hydrogen-bond donors (Lipinski definition) is 1. The van der Waals surface area contributed by atoms with Crippen LogP contribution in [0.2, 0.25) is 0 Å². The number of methoxy groups -OCH3 is 1. The molecule has 0 amide bonds. The molecule has 0 aliphatic heterocycles. The van der Waals surface area contributed by atoms with E-state index in [0.717, 1.165) is 13.2 Å². The molecule has 0 radical (unpaired) electrons. The van der Waals surface area contributed by atoms with Gasteiger partial charge in [0.25, 0.3) is 0 Å². The van der Waals surface area contributed by atoms with Crippen molar-refractivity contribution in [3.05, 3.63) is 28.8 Å². The molecular formula is C10H9F3O3. The van der Waals surface area contributed by atoms with Crippen molar-refractivity contribution in [2.75, 3.05) is 7.11 Å². The summed E-state index contributed by atoms with van der Waals surface area (Å²) in [5, 5.41) is 8.81. The van der Waals surface area contributed by atoms with Crippen molar-refractivity contribution in [1.82, 2.24) is 0 Å². The summed E-state index contributed by atoms with van der Waals surface area (Å²) in [4.78, 5) is 10.8. The molecule has 1 rings (SSSR count). The number of aryl methyl sites for hydroxylation is 1. The molecule has 0 saturated heterocycles. The highest BCUT2D eigenvalue weighted by Crippen LogP contribution is 2.34. The molecule has 6 heteroatoms. The fourth-order valence-electron chi connectivity index (χ4n) is 1.35. The number of carbonyl (C=O) groups is 1. The van der Waals surface area contributed by atoms with Crippen molar-refractivity contribution in [3.63, 3.8) is 0 Å². The molecule has 0 aliphatic rings. The van der Waals surface area contributed by atoms with Gasteiger partial charge in [-0.1, -0.05) is 0 Å². The van der Waals surface area contributed by atoms with Crippen LogP contribution in [0.1, 0.15) is 21.5 Å².